The zero-order chi connectivity index (χ0) is 14.8. The molecule has 0 aliphatic heterocycles. The highest BCUT2D eigenvalue weighted by Gasteiger charge is 2.05. The molecule has 0 spiro atoms. The molecule has 1 aromatic heterocycles. The molecule has 0 atom stereocenters. The summed E-state index contributed by atoms with van der Waals surface area (Å²) in [4.78, 5) is 8.54. The molecule has 4 nitrogen and oxygen atoms in total. The van der Waals surface area contributed by atoms with Gasteiger partial charge in [0.2, 0.25) is 5.95 Å². The molecule has 106 valence electrons. The van der Waals surface area contributed by atoms with Crippen molar-refractivity contribution >= 4 is 60.1 Å². The Hall–Kier alpha value is -1.66. The van der Waals surface area contributed by atoms with E-state index in [4.69, 9.17) is 0 Å². The Bertz CT molecular complexity index is 805. The van der Waals surface area contributed by atoms with Crippen LogP contribution in [0.2, 0.25) is 0 Å². The molecular formula is C15H12Br2N4. The van der Waals surface area contributed by atoms with Crippen molar-refractivity contribution in [1.29, 1.82) is 0 Å². The lowest BCUT2D eigenvalue weighted by atomic mass is 10.1. The second kappa shape index (κ2) is 5.99. The normalized spacial score (nSPS) is 10.6. The van der Waals surface area contributed by atoms with Gasteiger partial charge in [0.1, 0.15) is 5.82 Å². The molecule has 0 bridgehead atoms. The van der Waals surface area contributed by atoms with Crippen molar-refractivity contribution in [2.24, 2.45) is 0 Å². The van der Waals surface area contributed by atoms with Crippen LogP contribution in [0.5, 0.6) is 0 Å². The minimum atomic E-state index is 0.574. The van der Waals surface area contributed by atoms with Crippen molar-refractivity contribution < 1.29 is 0 Å². The van der Waals surface area contributed by atoms with Gasteiger partial charge in [-0.15, -0.1) is 0 Å². The lowest BCUT2D eigenvalue weighted by Crippen LogP contribution is -2.01. The molecule has 0 saturated carbocycles. The maximum atomic E-state index is 4.39. The summed E-state index contributed by atoms with van der Waals surface area (Å²) in [6.07, 6.45) is 1.72. The van der Waals surface area contributed by atoms with E-state index in [-0.39, 0.29) is 0 Å². The Labute approximate surface area is 139 Å². The first kappa shape index (κ1) is 14.3. The molecule has 1 heterocycles. The van der Waals surface area contributed by atoms with E-state index in [0.29, 0.717) is 5.95 Å². The topological polar surface area (TPSA) is 49.8 Å². The molecule has 0 aliphatic carbocycles. The number of hydrogen-bond donors (Lipinski definition) is 2. The van der Waals surface area contributed by atoms with Crippen LogP contribution in [0.25, 0.3) is 10.8 Å². The van der Waals surface area contributed by atoms with Crippen molar-refractivity contribution in [2.75, 3.05) is 17.7 Å². The van der Waals surface area contributed by atoms with Gasteiger partial charge >= 0.3 is 0 Å². The van der Waals surface area contributed by atoms with E-state index in [1.165, 1.54) is 10.8 Å². The zero-order valence-corrected chi connectivity index (χ0v) is 14.4. The lowest BCUT2D eigenvalue weighted by molar-refractivity contribution is 1.14. The Morgan fingerprint density at radius 1 is 1.00 bits per heavy atom. The van der Waals surface area contributed by atoms with Gasteiger partial charge in [0.15, 0.2) is 0 Å². The van der Waals surface area contributed by atoms with E-state index < -0.39 is 0 Å². The van der Waals surface area contributed by atoms with E-state index in [9.17, 15) is 0 Å². The van der Waals surface area contributed by atoms with Gasteiger partial charge in [-0.1, -0.05) is 28.1 Å². The molecule has 0 saturated heterocycles. The van der Waals surface area contributed by atoms with E-state index in [2.05, 4.69) is 76.7 Å². The van der Waals surface area contributed by atoms with E-state index >= 15 is 0 Å². The van der Waals surface area contributed by atoms with Crippen molar-refractivity contribution in [1.82, 2.24) is 9.97 Å². The monoisotopic (exact) mass is 406 g/mol. The number of nitrogens with one attached hydrogen (secondary N) is 2. The second-order valence-electron chi connectivity index (χ2n) is 4.47. The highest BCUT2D eigenvalue weighted by Crippen LogP contribution is 2.27. The van der Waals surface area contributed by atoms with Crippen LogP contribution in [-0.2, 0) is 0 Å². The van der Waals surface area contributed by atoms with Gasteiger partial charge < -0.3 is 10.6 Å². The van der Waals surface area contributed by atoms with Crippen molar-refractivity contribution in [3.05, 3.63) is 51.5 Å². The SMILES string of the molecule is CNc1ncc(Br)c(Nc2ccc3cc(Br)ccc3c2)n1. The minimum absolute atomic E-state index is 0.574. The highest BCUT2D eigenvalue weighted by atomic mass is 79.9. The van der Waals surface area contributed by atoms with Crippen LogP contribution in [0.1, 0.15) is 0 Å². The quantitative estimate of drug-likeness (QED) is 0.645. The number of fused-ring (bicyclic) bond motifs is 1. The van der Waals surface area contributed by atoms with Gasteiger partial charge in [-0.05, 0) is 51.0 Å². The molecule has 2 N–H and O–H groups in total. The molecule has 0 unspecified atom stereocenters. The van der Waals surface area contributed by atoms with Crippen LogP contribution in [0.4, 0.5) is 17.5 Å². The smallest absolute Gasteiger partial charge is 0.224 e. The van der Waals surface area contributed by atoms with Crippen LogP contribution in [0.15, 0.2) is 51.5 Å². The number of hydrogen-bond acceptors (Lipinski definition) is 4. The summed E-state index contributed by atoms with van der Waals surface area (Å²) in [7, 11) is 1.79. The first-order valence-corrected chi connectivity index (χ1v) is 7.91. The third-order valence-electron chi connectivity index (χ3n) is 3.03. The predicted octanol–water partition coefficient (Wildman–Crippen LogP) is 4.94. The van der Waals surface area contributed by atoms with Crippen molar-refractivity contribution in [3.8, 4) is 0 Å². The predicted molar refractivity (Wildman–Crippen MR) is 94.2 cm³/mol. The van der Waals surface area contributed by atoms with Gasteiger partial charge in [0.05, 0.1) is 4.47 Å². The maximum Gasteiger partial charge on any atom is 0.224 e. The summed E-state index contributed by atoms with van der Waals surface area (Å²) in [5, 5.41) is 8.59. The van der Waals surface area contributed by atoms with Gasteiger partial charge in [0, 0.05) is 23.4 Å². The van der Waals surface area contributed by atoms with Crippen LogP contribution < -0.4 is 10.6 Å². The maximum absolute atomic E-state index is 4.39. The van der Waals surface area contributed by atoms with E-state index in [0.717, 1.165) is 20.5 Å². The van der Waals surface area contributed by atoms with Crippen LogP contribution in [0, 0.1) is 0 Å². The second-order valence-corrected chi connectivity index (χ2v) is 6.24. The third-order valence-corrected chi connectivity index (χ3v) is 4.11. The Morgan fingerprint density at radius 2 is 1.76 bits per heavy atom. The van der Waals surface area contributed by atoms with Crippen LogP contribution in [-0.4, -0.2) is 17.0 Å². The van der Waals surface area contributed by atoms with Gasteiger partial charge in [0.25, 0.3) is 0 Å². The lowest BCUT2D eigenvalue weighted by Gasteiger charge is -2.10. The summed E-state index contributed by atoms with van der Waals surface area (Å²) in [6, 6.07) is 12.4. The zero-order valence-electron chi connectivity index (χ0n) is 11.2. The fourth-order valence-electron chi connectivity index (χ4n) is 2.01. The van der Waals surface area contributed by atoms with Crippen LogP contribution >= 0.6 is 31.9 Å². The number of nitrogens with zero attached hydrogens (tertiary/aromatic N) is 2. The highest BCUT2D eigenvalue weighted by molar-refractivity contribution is 9.10. The molecule has 3 rings (SSSR count). The molecule has 3 aromatic rings. The molecule has 0 radical (unpaired) electrons. The summed E-state index contributed by atoms with van der Waals surface area (Å²) >= 11 is 6.94. The molecule has 21 heavy (non-hydrogen) atoms. The largest absolute Gasteiger partial charge is 0.357 e. The van der Waals surface area contributed by atoms with Gasteiger partial charge in [-0.3, -0.25) is 0 Å². The number of aromatic nitrogens is 2. The van der Waals surface area contributed by atoms with E-state index in [1.807, 2.05) is 12.1 Å². The number of benzene rings is 2. The van der Waals surface area contributed by atoms with Crippen molar-refractivity contribution in [2.45, 2.75) is 0 Å². The minimum Gasteiger partial charge on any atom is -0.357 e. The molecule has 0 amide bonds. The Morgan fingerprint density at radius 3 is 2.57 bits per heavy atom. The number of rotatable bonds is 3. The summed E-state index contributed by atoms with van der Waals surface area (Å²) in [5.74, 6) is 1.30. The first-order valence-electron chi connectivity index (χ1n) is 6.32. The third kappa shape index (κ3) is 3.16. The molecule has 2 aromatic carbocycles. The molecular weight excluding hydrogens is 396 g/mol. The molecule has 0 fully saturated rings. The standard InChI is InChI=1S/C15H12Br2N4/c1-18-15-19-8-13(17)14(21-15)20-12-5-3-9-6-11(16)4-2-10(9)7-12/h2-8H,1H3,(H2,18,19,20,21). The average molecular weight is 408 g/mol. The first-order chi connectivity index (χ1) is 10.2. The van der Waals surface area contributed by atoms with Crippen molar-refractivity contribution in [3.63, 3.8) is 0 Å². The fourth-order valence-corrected chi connectivity index (χ4v) is 2.68. The van der Waals surface area contributed by atoms with Crippen LogP contribution in [0.3, 0.4) is 0 Å². The van der Waals surface area contributed by atoms with E-state index in [1.54, 1.807) is 13.2 Å². The summed E-state index contributed by atoms with van der Waals surface area (Å²) < 4.78 is 1.89. The van der Waals surface area contributed by atoms with Gasteiger partial charge in [-0.25, -0.2) is 4.98 Å². The number of anilines is 3. The van der Waals surface area contributed by atoms with Gasteiger partial charge in [-0.2, -0.15) is 4.98 Å². The number of halogens is 2. The molecule has 6 heteroatoms. The Kier molecular flexibility index (Phi) is 4.07. The molecule has 0 aliphatic rings. The summed E-state index contributed by atoms with van der Waals surface area (Å²) in [5.41, 5.74) is 0.978. The average Bonchev–Trinajstić information content (AvgIpc) is 2.49. The fraction of sp³-hybridized carbons (Fsp3) is 0.0667. The summed E-state index contributed by atoms with van der Waals surface area (Å²) in [6.45, 7) is 0. The Balaban J connectivity index is 1.96.